The topological polar surface area (TPSA) is 3.24 Å². The van der Waals surface area contributed by atoms with E-state index in [1.807, 2.05) is 6.07 Å². The van der Waals surface area contributed by atoms with Crippen molar-refractivity contribution in [1.29, 1.82) is 0 Å². The van der Waals surface area contributed by atoms with E-state index < -0.39 is 0 Å². The Kier molecular flexibility index (Phi) is 5.13. The molecule has 0 amide bonds. The second-order valence-corrected chi connectivity index (χ2v) is 6.44. The number of hydrogen-bond donors (Lipinski definition) is 0. The lowest BCUT2D eigenvalue weighted by atomic mass is 10.0. The summed E-state index contributed by atoms with van der Waals surface area (Å²) in [5.74, 6) is 0. The normalized spacial score (nSPS) is 11.4. The molecule has 0 aliphatic carbocycles. The first kappa shape index (κ1) is 16.5. The molecule has 0 spiro atoms. The molecular formula is C22H22NP. The van der Waals surface area contributed by atoms with E-state index in [1.54, 1.807) is 0 Å². The van der Waals surface area contributed by atoms with E-state index in [-0.39, 0.29) is 0 Å². The fourth-order valence-electron chi connectivity index (χ4n) is 2.78. The van der Waals surface area contributed by atoms with Crippen molar-refractivity contribution in [3.05, 3.63) is 90.6 Å². The van der Waals surface area contributed by atoms with Crippen molar-refractivity contribution in [2.75, 3.05) is 4.90 Å². The van der Waals surface area contributed by atoms with Crippen molar-refractivity contribution in [3.8, 4) is 11.1 Å². The van der Waals surface area contributed by atoms with Crippen LogP contribution in [0.1, 0.15) is 13.8 Å². The summed E-state index contributed by atoms with van der Waals surface area (Å²) in [6, 6.07) is 27.7. The van der Waals surface area contributed by atoms with Crippen LogP contribution in [0.15, 0.2) is 90.6 Å². The summed E-state index contributed by atoms with van der Waals surface area (Å²) < 4.78 is 0. The molecule has 3 aromatic carbocycles. The van der Waals surface area contributed by atoms with Gasteiger partial charge in [0.25, 0.3) is 0 Å². The molecule has 2 heteroatoms. The van der Waals surface area contributed by atoms with E-state index in [9.17, 15) is 0 Å². The summed E-state index contributed by atoms with van der Waals surface area (Å²) >= 11 is 0. The van der Waals surface area contributed by atoms with Gasteiger partial charge in [0.05, 0.1) is 0 Å². The summed E-state index contributed by atoms with van der Waals surface area (Å²) in [6.45, 7) is 4.21. The van der Waals surface area contributed by atoms with Crippen molar-refractivity contribution in [2.24, 2.45) is 0 Å². The van der Waals surface area contributed by atoms with Gasteiger partial charge in [-0.3, -0.25) is 0 Å². The maximum Gasteiger partial charge on any atom is 0.0458 e. The minimum Gasteiger partial charge on any atom is -0.315 e. The van der Waals surface area contributed by atoms with Gasteiger partial charge in [0, 0.05) is 17.1 Å². The summed E-state index contributed by atoms with van der Waals surface area (Å²) in [5.41, 5.74) is 6.02. The fourth-order valence-corrected chi connectivity index (χ4v) is 3.07. The molecule has 0 aliphatic heterocycles. The van der Waals surface area contributed by atoms with Gasteiger partial charge >= 0.3 is 0 Å². The van der Waals surface area contributed by atoms with E-state index in [0.29, 0.717) is 0 Å². The third kappa shape index (κ3) is 3.58. The third-order valence-electron chi connectivity index (χ3n) is 4.13. The Labute approximate surface area is 146 Å². The van der Waals surface area contributed by atoms with Crippen LogP contribution in [-0.4, -0.2) is 0 Å². The Morgan fingerprint density at radius 3 is 2.08 bits per heavy atom. The number of hydrogen-bond acceptors (Lipinski definition) is 1. The average molecular weight is 331 g/mol. The summed E-state index contributed by atoms with van der Waals surface area (Å²) in [7, 11) is 2.76. The molecule has 1 nitrogen and oxygen atoms in total. The van der Waals surface area contributed by atoms with Crippen LogP contribution in [-0.2, 0) is 0 Å². The van der Waals surface area contributed by atoms with E-state index in [1.165, 1.54) is 33.5 Å². The lowest BCUT2D eigenvalue weighted by Gasteiger charge is -2.26. The van der Waals surface area contributed by atoms with Gasteiger partial charge < -0.3 is 4.90 Å². The molecule has 24 heavy (non-hydrogen) atoms. The molecule has 0 fully saturated rings. The highest BCUT2D eigenvalue weighted by Crippen LogP contribution is 2.31. The molecule has 0 aliphatic rings. The molecular weight excluding hydrogens is 309 g/mol. The van der Waals surface area contributed by atoms with Crippen molar-refractivity contribution < 1.29 is 0 Å². The molecule has 0 bridgehead atoms. The Balaban J connectivity index is 1.98. The lowest BCUT2D eigenvalue weighted by molar-refractivity contribution is 1.15. The summed E-state index contributed by atoms with van der Waals surface area (Å²) in [6.07, 6.45) is 2.14. The summed E-state index contributed by atoms with van der Waals surface area (Å²) in [5, 5.41) is 1.20. The second kappa shape index (κ2) is 7.47. The van der Waals surface area contributed by atoms with Gasteiger partial charge in [0.15, 0.2) is 0 Å². The first-order chi connectivity index (χ1) is 11.7. The van der Waals surface area contributed by atoms with Crippen LogP contribution in [0.4, 0.5) is 11.4 Å². The van der Waals surface area contributed by atoms with Gasteiger partial charge in [-0.15, -0.1) is 9.24 Å². The van der Waals surface area contributed by atoms with Crippen LogP contribution in [0, 0.1) is 0 Å². The molecule has 0 saturated heterocycles. The van der Waals surface area contributed by atoms with Gasteiger partial charge in [0.2, 0.25) is 0 Å². The molecule has 3 rings (SSSR count). The summed E-state index contributed by atoms with van der Waals surface area (Å²) in [4.78, 5) is 2.27. The van der Waals surface area contributed by atoms with E-state index in [0.717, 1.165) is 0 Å². The molecule has 1 unspecified atom stereocenters. The molecule has 0 N–H and O–H groups in total. The number of para-hydroxylation sites is 1. The molecule has 1 atom stereocenters. The van der Waals surface area contributed by atoms with Gasteiger partial charge in [0.1, 0.15) is 0 Å². The Hall–Kier alpha value is -2.37. The SMILES string of the molecule is C/C=C(\C)N(c1ccccc1)c1ccc(-c2cccc(P)c2)cc1. The standard InChI is InChI=1S/C22H22NP/c1-3-17(2)23(20-9-5-4-6-10-20)21-14-12-18(13-15-21)19-8-7-11-22(24)16-19/h3-16H,24H2,1-2H3/b17-3+. The van der Waals surface area contributed by atoms with Gasteiger partial charge in [-0.2, -0.15) is 0 Å². The number of rotatable bonds is 4. The van der Waals surface area contributed by atoms with Gasteiger partial charge in [-0.05, 0) is 60.6 Å². The number of nitrogens with zero attached hydrogens (tertiary/aromatic N) is 1. The van der Waals surface area contributed by atoms with Crippen LogP contribution in [0.2, 0.25) is 0 Å². The Morgan fingerprint density at radius 1 is 0.792 bits per heavy atom. The van der Waals surface area contributed by atoms with E-state index >= 15 is 0 Å². The highest BCUT2D eigenvalue weighted by molar-refractivity contribution is 7.27. The van der Waals surface area contributed by atoms with Crippen molar-refractivity contribution >= 4 is 25.9 Å². The molecule has 0 saturated carbocycles. The van der Waals surface area contributed by atoms with Crippen LogP contribution in [0.25, 0.3) is 11.1 Å². The minimum absolute atomic E-state index is 1.17. The first-order valence-electron chi connectivity index (χ1n) is 8.13. The average Bonchev–Trinajstić information content (AvgIpc) is 2.63. The maximum absolute atomic E-state index is 2.76. The number of allylic oxidation sites excluding steroid dienone is 2. The van der Waals surface area contributed by atoms with E-state index in [4.69, 9.17) is 0 Å². The molecule has 3 aromatic rings. The van der Waals surface area contributed by atoms with Gasteiger partial charge in [-0.25, -0.2) is 0 Å². The number of anilines is 2. The van der Waals surface area contributed by atoms with E-state index in [2.05, 4.69) is 107 Å². The Bertz CT molecular complexity index is 835. The van der Waals surface area contributed by atoms with Crippen molar-refractivity contribution in [2.45, 2.75) is 13.8 Å². The monoisotopic (exact) mass is 331 g/mol. The zero-order valence-electron chi connectivity index (χ0n) is 14.1. The zero-order valence-corrected chi connectivity index (χ0v) is 15.3. The fraction of sp³-hybridized carbons (Fsp3) is 0.0909. The predicted molar refractivity (Wildman–Crippen MR) is 109 cm³/mol. The largest absolute Gasteiger partial charge is 0.315 e. The van der Waals surface area contributed by atoms with Crippen LogP contribution < -0.4 is 10.2 Å². The van der Waals surface area contributed by atoms with Crippen LogP contribution in [0.3, 0.4) is 0 Å². The minimum atomic E-state index is 1.17. The van der Waals surface area contributed by atoms with Crippen molar-refractivity contribution in [3.63, 3.8) is 0 Å². The predicted octanol–water partition coefficient (Wildman–Crippen LogP) is 5.92. The smallest absolute Gasteiger partial charge is 0.0458 e. The van der Waals surface area contributed by atoms with Crippen LogP contribution >= 0.6 is 9.24 Å². The Morgan fingerprint density at radius 2 is 1.46 bits per heavy atom. The molecule has 0 aromatic heterocycles. The van der Waals surface area contributed by atoms with Crippen LogP contribution in [0.5, 0.6) is 0 Å². The van der Waals surface area contributed by atoms with Crippen molar-refractivity contribution in [1.82, 2.24) is 0 Å². The number of benzene rings is 3. The molecule has 120 valence electrons. The highest BCUT2D eigenvalue weighted by atomic mass is 31.0. The zero-order chi connectivity index (χ0) is 16.9. The highest BCUT2D eigenvalue weighted by Gasteiger charge is 2.10. The first-order valence-corrected chi connectivity index (χ1v) is 8.71. The quantitative estimate of drug-likeness (QED) is 0.537. The lowest BCUT2D eigenvalue weighted by Crippen LogP contribution is -2.13. The third-order valence-corrected chi connectivity index (χ3v) is 4.49. The maximum atomic E-state index is 2.76. The van der Waals surface area contributed by atoms with Gasteiger partial charge in [-0.1, -0.05) is 54.6 Å². The molecule has 0 heterocycles. The molecule has 0 radical (unpaired) electrons. The second-order valence-electron chi connectivity index (χ2n) is 5.77.